The smallest absolute Gasteiger partial charge is 0.211 e. The van der Waals surface area contributed by atoms with E-state index in [1.807, 2.05) is 0 Å². The standard InChI is InChI=1S/C13H10ClNO2/c1-2-5-15-8-11(16)13-7-9-6-10(14)3-4-12(9)17-13/h1,3-4,6-7,15H,5,8H2. The van der Waals surface area contributed by atoms with E-state index < -0.39 is 0 Å². The van der Waals surface area contributed by atoms with Crippen LogP contribution in [0.25, 0.3) is 11.0 Å². The van der Waals surface area contributed by atoms with Gasteiger partial charge in [0.05, 0.1) is 13.1 Å². The molecule has 0 aliphatic rings. The van der Waals surface area contributed by atoms with E-state index >= 15 is 0 Å². The summed E-state index contributed by atoms with van der Waals surface area (Å²) in [5.74, 6) is 2.58. The normalized spacial score (nSPS) is 10.4. The number of hydrogen-bond acceptors (Lipinski definition) is 3. The van der Waals surface area contributed by atoms with Crippen LogP contribution in [0.3, 0.4) is 0 Å². The Bertz CT molecular complexity index is 595. The van der Waals surface area contributed by atoms with Crippen molar-refractivity contribution in [2.75, 3.05) is 13.1 Å². The van der Waals surface area contributed by atoms with Crippen LogP contribution in [0.15, 0.2) is 28.7 Å². The largest absolute Gasteiger partial charge is 0.453 e. The Morgan fingerprint density at radius 1 is 1.47 bits per heavy atom. The number of carbonyl (C=O) groups is 1. The van der Waals surface area contributed by atoms with Crippen LogP contribution in [-0.2, 0) is 0 Å². The molecule has 17 heavy (non-hydrogen) atoms. The number of benzene rings is 1. The Morgan fingerprint density at radius 3 is 3.06 bits per heavy atom. The van der Waals surface area contributed by atoms with E-state index in [9.17, 15) is 4.79 Å². The van der Waals surface area contributed by atoms with Crippen LogP contribution in [0, 0.1) is 12.3 Å². The number of ketones is 1. The number of carbonyl (C=O) groups excluding carboxylic acids is 1. The van der Waals surface area contributed by atoms with Crippen molar-refractivity contribution in [3.05, 3.63) is 35.0 Å². The maximum absolute atomic E-state index is 11.7. The fraction of sp³-hybridized carbons (Fsp3) is 0.154. The predicted octanol–water partition coefficient (Wildman–Crippen LogP) is 2.49. The molecule has 0 spiro atoms. The summed E-state index contributed by atoms with van der Waals surface area (Å²) in [6, 6.07) is 6.90. The van der Waals surface area contributed by atoms with Crippen LogP contribution in [0.4, 0.5) is 0 Å². The van der Waals surface area contributed by atoms with Gasteiger partial charge in [0.1, 0.15) is 5.58 Å². The van der Waals surface area contributed by atoms with E-state index in [4.69, 9.17) is 22.4 Å². The quantitative estimate of drug-likeness (QED) is 0.513. The first-order chi connectivity index (χ1) is 8.20. The third-order valence-electron chi connectivity index (χ3n) is 2.27. The van der Waals surface area contributed by atoms with Crippen LogP contribution >= 0.6 is 11.6 Å². The summed E-state index contributed by atoms with van der Waals surface area (Å²) in [5.41, 5.74) is 0.648. The zero-order chi connectivity index (χ0) is 12.3. The summed E-state index contributed by atoms with van der Waals surface area (Å²) in [4.78, 5) is 11.7. The van der Waals surface area contributed by atoms with E-state index in [1.165, 1.54) is 0 Å². The Hall–Kier alpha value is -1.76. The van der Waals surface area contributed by atoms with Crippen molar-refractivity contribution in [1.82, 2.24) is 5.32 Å². The summed E-state index contributed by atoms with van der Waals surface area (Å²) in [6.07, 6.45) is 5.07. The van der Waals surface area contributed by atoms with Crippen LogP contribution in [0.1, 0.15) is 10.6 Å². The lowest BCUT2D eigenvalue weighted by molar-refractivity contribution is 0.0968. The van der Waals surface area contributed by atoms with Crippen molar-refractivity contribution in [3.63, 3.8) is 0 Å². The third-order valence-corrected chi connectivity index (χ3v) is 2.50. The highest BCUT2D eigenvalue weighted by molar-refractivity contribution is 6.31. The molecular formula is C13H10ClNO2. The number of Topliss-reactive ketones (excluding diaryl/α,β-unsaturated/α-hetero) is 1. The van der Waals surface area contributed by atoms with Gasteiger partial charge in [-0.15, -0.1) is 6.42 Å². The zero-order valence-electron chi connectivity index (χ0n) is 9.00. The SMILES string of the molecule is C#CCNCC(=O)c1cc2cc(Cl)ccc2o1. The van der Waals surface area contributed by atoms with Crippen molar-refractivity contribution in [1.29, 1.82) is 0 Å². The molecule has 0 bridgehead atoms. The molecule has 1 aromatic heterocycles. The van der Waals surface area contributed by atoms with E-state index in [-0.39, 0.29) is 12.3 Å². The fourth-order valence-electron chi connectivity index (χ4n) is 1.49. The summed E-state index contributed by atoms with van der Waals surface area (Å²) in [5, 5.41) is 4.25. The molecule has 0 aliphatic heterocycles. The molecule has 0 aliphatic carbocycles. The minimum absolute atomic E-state index is 0.132. The minimum Gasteiger partial charge on any atom is -0.453 e. The summed E-state index contributed by atoms with van der Waals surface area (Å²) in [6.45, 7) is 0.523. The second-order valence-electron chi connectivity index (χ2n) is 3.52. The van der Waals surface area contributed by atoms with Crippen LogP contribution in [0.5, 0.6) is 0 Å². The monoisotopic (exact) mass is 247 g/mol. The first kappa shape index (κ1) is 11.7. The molecule has 0 atom stereocenters. The molecule has 2 aromatic rings. The van der Waals surface area contributed by atoms with E-state index in [0.717, 1.165) is 5.39 Å². The first-order valence-corrected chi connectivity index (χ1v) is 5.45. The van der Waals surface area contributed by atoms with Gasteiger partial charge >= 0.3 is 0 Å². The van der Waals surface area contributed by atoms with Gasteiger partial charge in [0.25, 0.3) is 0 Å². The van der Waals surface area contributed by atoms with Crippen molar-refractivity contribution in [3.8, 4) is 12.3 Å². The van der Waals surface area contributed by atoms with Crippen LogP contribution < -0.4 is 5.32 Å². The molecule has 0 saturated carbocycles. The zero-order valence-corrected chi connectivity index (χ0v) is 9.75. The second-order valence-corrected chi connectivity index (χ2v) is 3.96. The molecule has 1 heterocycles. The number of furan rings is 1. The molecule has 1 aromatic carbocycles. The van der Waals surface area contributed by atoms with E-state index in [2.05, 4.69) is 11.2 Å². The number of nitrogens with one attached hydrogen (secondary N) is 1. The van der Waals surface area contributed by atoms with E-state index in [0.29, 0.717) is 22.9 Å². The summed E-state index contributed by atoms with van der Waals surface area (Å²) < 4.78 is 5.42. The summed E-state index contributed by atoms with van der Waals surface area (Å²) >= 11 is 5.85. The van der Waals surface area contributed by atoms with Crippen LogP contribution in [-0.4, -0.2) is 18.9 Å². The predicted molar refractivity (Wildman–Crippen MR) is 67.3 cm³/mol. The molecule has 4 heteroatoms. The highest BCUT2D eigenvalue weighted by Gasteiger charge is 2.11. The lowest BCUT2D eigenvalue weighted by atomic mass is 10.2. The molecule has 1 N–H and O–H groups in total. The van der Waals surface area contributed by atoms with Gasteiger partial charge in [-0.05, 0) is 24.3 Å². The lowest BCUT2D eigenvalue weighted by Gasteiger charge is -1.96. The molecule has 0 unspecified atom stereocenters. The second kappa shape index (κ2) is 5.05. The number of terminal acetylenes is 1. The van der Waals surface area contributed by atoms with E-state index in [1.54, 1.807) is 24.3 Å². The van der Waals surface area contributed by atoms with Gasteiger partial charge in [-0.3, -0.25) is 10.1 Å². The molecule has 0 amide bonds. The third kappa shape index (κ3) is 2.68. The van der Waals surface area contributed by atoms with Gasteiger partial charge in [-0.25, -0.2) is 0 Å². The lowest BCUT2D eigenvalue weighted by Crippen LogP contribution is -2.22. The van der Waals surface area contributed by atoms with Gasteiger partial charge in [-0.2, -0.15) is 0 Å². The van der Waals surface area contributed by atoms with Crippen LogP contribution in [0.2, 0.25) is 5.02 Å². The Kier molecular flexibility index (Phi) is 3.48. The van der Waals surface area contributed by atoms with Crippen molar-refractivity contribution in [2.24, 2.45) is 0 Å². The average molecular weight is 248 g/mol. The van der Waals surface area contributed by atoms with Gasteiger partial charge in [0, 0.05) is 10.4 Å². The Labute approximate surface area is 104 Å². The van der Waals surface area contributed by atoms with Gasteiger partial charge in [-0.1, -0.05) is 17.5 Å². The minimum atomic E-state index is -0.132. The number of hydrogen-bond donors (Lipinski definition) is 1. The topological polar surface area (TPSA) is 42.2 Å². The molecule has 86 valence electrons. The molecule has 2 rings (SSSR count). The number of halogens is 1. The number of rotatable bonds is 4. The fourth-order valence-corrected chi connectivity index (χ4v) is 1.67. The van der Waals surface area contributed by atoms with Gasteiger partial charge < -0.3 is 4.42 Å². The molecule has 0 saturated heterocycles. The average Bonchev–Trinajstić information content (AvgIpc) is 2.72. The maximum Gasteiger partial charge on any atom is 0.211 e. The number of fused-ring (bicyclic) bond motifs is 1. The Balaban J connectivity index is 2.19. The van der Waals surface area contributed by atoms with Gasteiger partial charge in [0.2, 0.25) is 5.78 Å². The maximum atomic E-state index is 11.7. The van der Waals surface area contributed by atoms with Gasteiger partial charge in [0.15, 0.2) is 5.76 Å². The van der Waals surface area contributed by atoms with Crippen molar-refractivity contribution < 1.29 is 9.21 Å². The highest BCUT2D eigenvalue weighted by atomic mass is 35.5. The molecule has 0 radical (unpaired) electrons. The van der Waals surface area contributed by atoms with Crippen molar-refractivity contribution >= 4 is 28.4 Å². The van der Waals surface area contributed by atoms with Crippen molar-refractivity contribution in [2.45, 2.75) is 0 Å². The first-order valence-electron chi connectivity index (χ1n) is 5.07. The molecular weight excluding hydrogens is 238 g/mol. The molecule has 0 fully saturated rings. The Morgan fingerprint density at radius 2 is 2.29 bits per heavy atom. The molecule has 3 nitrogen and oxygen atoms in total. The summed E-state index contributed by atoms with van der Waals surface area (Å²) in [7, 11) is 0. The highest BCUT2D eigenvalue weighted by Crippen LogP contribution is 2.23.